The molecule has 0 fully saturated rings. The molecule has 0 N–H and O–H groups in total. The van der Waals surface area contributed by atoms with Crippen LogP contribution in [0.5, 0.6) is 0 Å². The fourth-order valence-corrected chi connectivity index (χ4v) is 1.54. The zero-order valence-corrected chi connectivity index (χ0v) is 8.14. The van der Waals surface area contributed by atoms with Crippen LogP contribution in [0.1, 0.15) is 13.8 Å². The van der Waals surface area contributed by atoms with Gasteiger partial charge in [-0.25, -0.2) is 8.42 Å². The minimum atomic E-state index is -3.03. The minimum Gasteiger partial charge on any atom is -0.457 e. The first-order valence-electron chi connectivity index (χ1n) is 3.52. The number of rotatable bonds is 2. The van der Waals surface area contributed by atoms with Crippen LogP contribution in [0.15, 0.2) is 12.0 Å². The Hall–Kier alpha value is -0.710. The maximum Gasteiger partial charge on any atom is 0.244 e. The molecule has 1 heterocycles. The summed E-state index contributed by atoms with van der Waals surface area (Å²) in [4.78, 5) is 0. The van der Waals surface area contributed by atoms with Gasteiger partial charge in [-0.05, 0) is 0 Å². The van der Waals surface area contributed by atoms with Crippen molar-refractivity contribution < 1.29 is 17.9 Å². The van der Waals surface area contributed by atoms with Crippen molar-refractivity contribution in [1.29, 1.82) is 0 Å². The highest BCUT2D eigenvalue weighted by molar-refractivity contribution is 7.90. The predicted octanol–water partition coefficient (Wildman–Crippen LogP) is 0.655. The van der Waals surface area contributed by atoms with E-state index >= 15 is 0 Å². The third kappa shape index (κ3) is 2.73. The number of hydrogen-bond donors (Lipinski definition) is 0. The Balaban J connectivity index is 2.60. The summed E-state index contributed by atoms with van der Waals surface area (Å²) in [6.45, 7) is 3.44. The molecule has 0 unspecified atom stereocenters. The molecular formula is C7H12O4S. The standard InChI is InChI=1S/C7H12O4S/c1-7(2)10-4-6(11-7)5-12(3,8)9/h4H,5H2,1-3H3. The first kappa shape index (κ1) is 9.38. The average molecular weight is 192 g/mol. The second kappa shape index (κ2) is 2.65. The van der Waals surface area contributed by atoms with Crippen molar-refractivity contribution in [3.63, 3.8) is 0 Å². The molecule has 70 valence electrons. The highest BCUT2D eigenvalue weighted by atomic mass is 32.2. The van der Waals surface area contributed by atoms with Gasteiger partial charge in [0.25, 0.3) is 0 Å². The van der Waals surface area contributed by atoms with Gasteiger partial charge >= 0.3 is 0 Å². The van der Waals surface area contributed by atoms with Crippen LogP contribution in [0.4, 0.5) is 0 Å². The molecule has 1 rings (SSSR count). The summed E-state index contributed by atoms with van der Waals surface area (Å²) in [7, 11) is -3.03. The molecule has 0 spiro atoms. The molecule has 5 heteroatoms. The summed E-state index contributed by atoms with van der Waals surface area (Å²) in [5, 5.41) is 0. The maximum atomic E-state index is 10.8. The lowest BCUT2D eigenvalue weighted by Gasteiger charge is -2.17. The van der Waals surface area contributed by atoms with Crippen LogP contribution in [0, 0.1) is 0 Å². The van der Waals surface area contributed by atoms with Crippen LogP contribution in [0.3, 0.4) is 0 Å². The Morgan fingerprint density at radius 1 is 1.50 bits per heavy atom. The Kier molecular flexibility index (Phi) is 2.07. The lowest BCUT2D eigenvalue weighted by molar-refractivity contribution is -0.115. The zero-order valence-electron chi connectivity index (χ0n) is 7.33. The molecule has 1 aliphatic rings. The Labute approximate surface area is 72.1 Å². The zero-order chi connectivity index (χ0) is 9.41. The van der Waals surface area contributed by atoms with Gasteiger partial charge in [0.2, 0.25) is 5.79 Å². The van der Waals surface area contributed by atoms with Gasteiger partial charge in [-0.2, -0.15) is 0 Å². The topological polar surface area (TPSA) is 52.6 Å². The van der Waals surface area contributed by atoms with Crippen molar-refractivity contribution in [2.24, 2.45) is 0 Å². The molecule has 1 aliphatic heterocycles. The fourth-order valence-electron chi connectivity index (χ4n) is 0.893. The van der Waals surface area contributed by atoms with E-state index in [4.69, 9.17) is 9.47 Å². The van der Waals surface area contributed by atoms with Gasteiger partial charge in [0, 0.05) is 20.1 Å². The second-order valence-electron chi connectivity index (χ2n) is 3.27. The van der Waals surface area contributed by atoms with E-state index in [9.17, 15) is 8.42 Å². The van der Waals surface area contributed by atoms with E-state index in [-0.39, 0.29) is 5.75 Å². The summed E-state index contributed by atoms with van der Waals surface area (Å²) >= 11 is 0. The van der Waals surface area contributed by atoms with Crippen LogP contribution in [-0.4, -0.2) is 26.2 Å². The van der Waals surface area contributed by atoms with Crippen molar-refractivity contribution in [3.8, 4) is 0 Å². The van der Waals surface area contributed by atoms with E-state index in [0.29, 0.717) is 5.76 Å². The summed E-state index contributed by atoms with van der Waals surface area (Å²) in [6.07, 6.45) is 2.50. The third-order valence-corrected chi connectivity index (χ3v) is 2.06. The van der Waals surface area contributed by atoms with Gasteiger partial charge in [0.05, 0.1) is 0 Å². The molecule has 0 amide bonds. The van der Waals surface area contributed by atoms with Crippen molar-refractivity contribution in [1.82, 2.24) is 0 Å². The minimum absolute atomic E-state index is 0.101. The van der Waals surface area contributed by atoms with Crippen LogP contribution in [0.2, 0.25) is 0 Å². The Morgan fingerprint density at radius 3 is 2.42 bits per heavy atom. The van der Waals surface area contributed by atoms with Gasteiger partial charge < -0.3 is 9.47 Å². The van der Waals surface area contributed by atoms with Gasteiger partial charge in [-0.15, -0.1) is 0 Å². The molecule has 0 saturated heterocycles. The molecule has 0 aliphatic carbocycles. The van der Waals surface area contributed by atoms with Gasteiger partial charge in [0.15, 0.2) is 15.6 Å². The van der Waals surface area contributed by atoms with E-state index in [0.717, 1.165) is 6.26 Å². The fraction of sp³-hybridized carbons (Fsp3) is 0.714. The Bertz CT molecular complexity index is 299. The van der Waals surface area contributed by atoms with Crippen LogP contribution in [-0.2, 0) is 19.3 Å². The van der Waals surface area contributed by atoms with Crippen molar-refractivity contribution in [3.05, 3.63) is 12.0 Å². The number of sulfone groups is 1. The van der Waals surface area contributed by atoms with Crippen molar-refractivity contribution >= 4 is 9.84 Å². The lowest BCUT2D eigenvalue weighted by Crippen LogP contribution is -2.21. The van der Waals surface area contributed by atoms with Gasteiger partial charge in [0.1, 0.15) is 12.0 Å². The normalized spacial score (nSPS) is 21.1. The first-order chi connectivity index (χ1) is 5.29. The summed E-state index contributed by atoms with van der Waals surface area (Å²) in [5.41, 5.74) is 0. The molecule has 0 radical (unpaired) electrons. The molecule has 0 saturated carbocycles. The van der Waals surface area contributed by atoms with Gasteiger partial charge in [-0.1, -0.05) is 0 Å². The molecule has 12 heavy (non-hydrogen) atoms. The number of ether oxygens (including phenoxy) is 2. The van der Waals surface area contributed by atoms with Crippen LogP contribution >= 0.6 is 0 Å². The molecule has 4 nitrogen and oxygen atoms in total. The molecule has 0 aromatic carbocycles. The second-order valence-corrected chi connectivity index (χ2v) is 5.41. The average Bonchev–Trinajstić information content (AvgIpc) is 2.05. The van der Waals surface area contributed by atoms with Crippen LogP contribution in [0.25, 0.3) is 0 Å². The lowest BCUT2D eigenvalue weighted by atomic mass is 10.4. The van der Waals surface area contributed by atoms with Crippen molar-refractivity contribution in [2.45, 2.75) is 19.6 Å². The van der Waals surface area contributed by atoms with E-state index in [1.807, 2.05) is 0 Å². The van der Waals surface area contributed by atoms with Crippen molar-refractivity contribution in [2.75, 3.05) is 12.0 Å². The van der Waals surface area contributed by atoms with E-state index in [1.165, 1.54) is 6.26 Å². The first-order valence-corrected chi connectivity index (χ1v) is 5.58. The van der Waals surface area contributed by atoms with E-state index in [1.54, 1.807) is 13.8 Å². The predicted molar refractivity (Wildman–Crippen MR) is 44.0 cm³/mol. The maximum absolute atomic E-state index is 10.8. The molecule has 0 bridgehead atoms. The van der Waals surface area contributed by atoms with Gasteiger partial charge in [-0.3, -0.25) is 0 Å². The smallest absolute Gasteiger partial charge is 0.244 e. The quantitative estimate of drug-likeness (QED) is 0.644. The summed E-state index contributed by atoms with van der Waals surface area (Å²) < 4.78 is 31.9. The van der Waals surface area contributed by atoms with E-state index < -0.39 is 15.6 Å². The highest BCUT2D eigenvalue weighted by Gasteiger charge is 2.28. The molecular weight excluding hydrogens is 180 g/mol. The highest BCUT2D eigenvalue weighted by Crippen LogP contribution is 2.24. The van der Waals surface area contributed by atoms with E-state index in [2.05, 4.69) is 0 Å². The third-order valence-electron chi connectivity index (χ3n) is 1.26. The summed E-state index contributed by atoms with van der Waals surface area (Å²) in [5.74, 6) is -0.460. The monoisotopic (exact) mass is 192 g/mol. The SMILES string of the molecule is CC1(C)OC=C(CS(C)(=O)=O)O1. The molecule has 0 aromatic rings. The molecule has 0 aromatic heterocycles. The summed E-state index contributed by atoms with van der Waals surface area (Å²) in [6, 6.07) is 0. The largest absolute Gasteiger partial charge is 0.457 e. The molecule has 0 atom stereocenters. The Morgan fingerprint density at radius 2 is 2.08 bits per heavy atom. The van der Waals surface area contributed by atoms with Crippen LogP contribution < -0.4 is 0 Å². The number of hydrogen-bond acceptors (Lipinski definition) is 4.